The van der Waals surface area contributed by atoms with Gasteiger partial charge in [0.2, 0.25) is 0 Å². The van der Waals surface area contributed by atoms with Gasteiger partial charge in [-0.15, -0.1) is 0 Å². The Hall–Kier alpha value is -1.62. The van der Waals surface area contributed by atoms with E-state index in [9.17, 15) is 9.90 Å². The molecular formula is C16H25N3O2. The molecule has 1 heterocycles. The molecule has 1 amide bonds. The van der Waals surface area contributed by atoms with Crippen molar-refractivity contribution in [3.05, 3.63) is 23.9 Å². The monoisotopic (exact) mass is 291 g/mol. The zero-order chi connectivity index (χ0) is 15.5. The molecular weight excluding hydrogens is 266 g/mol. The number of carbonyl (C=O) groups excluding carboxylic acids is 1. The highest BCUT2D eigenvalue weighted by Crippen LogP contribution is 2.40. The van der Waals surface area contributed by atoms with Crippen LogP contribution in [0.2, 0.25) is 0 Å². The fourth-order valence-corrected chi connectivity index (χ4v) is 3.23. The number of anilines is 1. The van der Waals surface area contributed by atoms with Gasteiger partial charge in [-0.05, 0) is 43.2 Å². The molecule has 1 aromatic rings. The van der Waals surface area contributed by atoms with Crippen molar-refractivity contribution in [2.24, 2.45) is 5.41 Å². The first kappa shape index (κ1) is 15.8. The van der Waals surface area contributed by atoms with Crippen molar-refractivity contribution in [2.45, 2.75) is 45.1 Å². The van der Waals surface area contributed by atoms with Gasteiger partial charge >= 0.3 is 0 Å². The molecule has 116 valence electrons. The molecule has 21 heavy (non-hydrogen) atoms. The van der Waals surface area contributed by atoms with Crippen molar-refractivity contribution in [1.29, 1.82) is 0 Å². The highest BCUT2D eigenvalue weighted by atomic mass is 16.3. The van der Waals surface area contributed by atoms with Crippen LogP contribution in [0.3, 0.4) is 0 Å². The van der Waals surface area contributed by atoms with Gasteiger partial charge in [0.05, 0.1) is 11.2 Å². The average Bonchev–Trinajstić information content (AvgIpc) is 2.43. The van der Waals surface area contributed by atoms with Crippen LogP contribution in [-0.2, 0) is 0 Å². The summed E-state index contributed by atoms with van der Waals surface area (Å²) >= 11 is 0. The van der Waals surface area contributed by atoms with Gasteiger partial charge < -0.3 is 15.7 Å². The van der Waals surface area contributed by atoms with Crippen LogP contribution in [0, 0.1) is 5.41 Å². The molecule has 0 saturated heterocycles. The summed E-state index contributed by atoms with van der Waals surface area (Å²) in [5.41, 5.74) is -0.0829. The second-order valence-electron chi connectivity index (χ2n) is 6.75. The van der Waals surface area contributed by atoms with Gasteiger partial charge in [-0.3, -0.25) is 4.79 Å². The topological polar surface area (TPSA) is 74.2 Å². The van der Waals surface area contributed by atoms with Crippen LogP contribution >= 0.6 is 0 Å². The number of hydrogen-bond acceptors (Lipinski definition) is 4. The van der Waals surface area contributed by atoms with Crippen LogP contribution in [0.1, 0.15) is 49.9 Å². The number of amides is 1. The first-order valence-electron chi connectivity index (χ1n) is 7.49. The third-order valence-electron chi connectivity index (χ3n) is 4.17. The summed E-state index contributed by atoms with van der Waals surface area (Å²) in [7, 11) is 1.59. The van der Waals surface area contributed by atoms with Crippen molar-refractivity contribution in [3.63, 3.8) is 0 Å². The molecule has 0 spiro atoms. The lowest BCUT2D eigenvalue weighted by Crippen LogP contribution is -2.44. The van der Waals surface area contributed by atoms with Gasteiger partial charge in [-0.2, -0.15) is 0 Å². The number of nitrogens with one attached hydrogen (secondary N) is 2. The standard InChI is InChI=1S/C16H25N3O2/c1-15(2)7-5-8-16(21,10-15)11-19-13-12(14(20)17-3)6-4-9-18-13/h4,6,9,21H,5,7-8,10-11H2,1-3H3,(H,17,20)(H,18,19)/t16-/m1/s1. The Morgan fingerprint density at radius 2 is 2.19 bits per heavy atom. The number of hydrogen-bond donors (Lipinski definition) is 3. The van der Waals surface area contributed by atoms with Crippen molar-refractivity contribution in [2.75, 3.05) is 18.9 Å². The molecule has 5 heteroatoms. The van der Waals surface area contributed by atoms with Crippen LogP contribution in [-0.4, -0.2) is 35.2 Å². The Bertz CT molecular complexity index is 516. The fourth-order valence-electron chi connectivity index (χ4n) is 3.23. The minimum atomic E-state index is -0.737. The molecule has 0 aliphatic heterocycles. The Morgan fingerprint density at radius 3 is 2.86 bits per heavy atom. The largest absolute Gasteiger partial charge is 0.388 e. The molecule has 0 unspecified atom stereocenters. The summed E-state index contributed by atoms with van der Waals surface area (Å²) in [6, 6.07) is 3.46. The van der Waals surface area contributed by atoms with E-state index in [2.05, 4.69) is 29.5 Å². The van der Waals surface area contributed by atoms with E-state index < -0.39 is 5.60 Å². The second-order valence-corrected chi connectivity index (χ2v) is 6.75. The lowest BCUT2D eigenvalue weighted by molar-refractivity contribution is -0.0278. The molecule has 1 aromatic heterocycles. The van der Waals surface area contributed by atoms with E-state index in [1.807, 2.05) is 0 Å². The molecule has 3 N–H and O–H groups in total. The molecule has 1 atom stereocenters. The Balaban J connectivity index is 2.08. The molecule has 0 aromatic carbocycles. The van der Waals surface area contributed by atoms with Gasteiger partial charge in [-0.25, -0.2) is 4.98 Å². The Labute approximate surface area is 126 Å². The number of aliphatic hydroxyl groups is 1. The van der Waals surface area contributed by atoms with Crippen molar-refractivity contribution >= 4 is 11.7 Å². The maximum atomic E-state index is 11.8. The van der Waals surface area contributed by atoms with E-state index in [0.717, 1.165) is 25.7 Å². The predicted molar refractivity (Wildman–Crippen MR) is 83.3 cm³/mol. The number of pyridine rings is 1. The van der Waals surface area contributed by atoms with Crippen molar-refractivity contribution in [3.8, 4) is 0 Å². The van der Waals surface area contributed by atoms with Gasteiger partial charge in [0.25, 0.3) is 5.91 Å². The zero-order valence-corrected chi connectivity index (χ0v) is 13.1. The average molecular weight is 291 g/mol. The molecule has 1 saturated carbocycles. The molecule has 1 fully saturated rings. The van der Waals surface area contributed by atoms with E-state index in [0.29, 0.717) is 17.9 Å². The minimum Gasteiger partial charge on any atom is -0.388 e. The highest BCUT2D eigenvalue weighted by molar-refractivity contribution is 5.98. The van der Waals surface area contributed by atoms with Gasteiger partial charge in [0, 0.05) is 19.8 Å². The third-order valence-corrected chi connectivity index (χ3v) is 4.17. The van der Waals surface area contributed by atoms with Gasteiger partial charge in [-0.1, -0.05) is 13.8 Å². The summed E-state index contributed by atoms with van der Waals surface area (Å²) in [6.45, 7) is 4.79. The first-order valence-corrected chi connectivity index (χ1v) is 7.49. The molecule has 5 nitrogen and oxygen atoms in total. The number of nitrogens with zero attached hydrogens (tertiary/aromatic N) is 1. The van der Waals surface area contributed by atoms with E-state index in [4.69, 9.17) is 0 Å². The normalized spacial score (nSPS) is 24.4. The maximum Gasteiger partial charge on any atom is 0.254 e. The highest BCUT2D eigenvalue weighted by Gasteiger charge is 2.38. The van der Waals surface area contributed by atoms with Crippen LogP contribution < -0.4 is 10.6 Å². The summed E-state index contributed by atoms with van der Waals surface area (Å²) in [4.78, 5) is 16.0. The summed E-state index contributed by atoms with van der Waals surface area (Å²) in [5.74, 6) is 0.343. The molecule has 1 aliphatic carbocycles. The van der Waals surface area contributed by atoms with E-state index in [1.54, 1.807) is 25.4 Å². The lowest BCUT2D eigenvalue weighted by Gasteiger charge is -2.41. The van der Waals surface area contributed by atoms with E-state index in [-0.39, 0.29) is 11.3 Å². The van der Waals surface area contributed by atoms with Crippen LogP contribution in [0.4, 0.5) is 5.82 Å². The van der Waals surface area contributed by atoms with Crippen LogP contribution in [0.15, 0.2) is 18.3 Å². The van der Waals surface area contributed by atoms with Crippen LogP contribution in [0.5, 0.6) is 0 Å². The zero-order valence-electron chi connectivity index (χ0n) is 13.1. The minimum absolute atomic E-state index is 0.155. The Kier molecular flexibility index (Phi) is 4.52. The SMILES string of the molecule is CNC(=O)c1cccnc1NC[C@@]1(O)CCCC(C)(C)C1. The first-order chi connectivity index (χ1) is 9.85. The predicted octanol–water partition coefficient (Wildman–Crippen LogP) is 2.18. The molecule has 0 radical (unpaired) electrons. The van der Waals surface area contributed by atoms with Gasteiger partial charge in [0.15, 0.2) is 0 Å². The second kappa shape index (κ2) is 6.02. The van der Waals surface area contributed by atoms with Gasteiger partial charge in [0.1, 0.15) is 5.82 Å². The Morgan fingerprint density at radius 1 is 1.43 bits per heavy atom. The summed E-state index contributed by atoms with van der Waals surface area (Å²) < 4.78 is 0. The number of carbonyl (C=O) groups is 1. The summed E-state index contributed by atoms with van der Waals surface area (Å²) in [6.07, 6.45) is 5.35. The number of rotatable bonds is 4. The number of aromatic nitrogens is 1. The van der Waals surface area contributed by atoms with Crippen molar-refractivity contribution < 1.29 is 9.90 Å². The lowest BCUT2D eigenvalue weighted by atomic mass is 9.70. The molecule has 0 bridgehead atoms. The third kappa shape index (κ3) is 3.94. The fraction of sp³-hybridized carbons (Fsp3) is 0.625. The maximum absolute atomic E-state index is 11.8. The van der Waals surface area contributed by atoms with E-state index in [1.165, 1.54) is 0 Å². The van der Waals surface area contributed by atoms with E-state index >= 15 is 0 Å². The quantitative estimate of drug-likeness (QED) is 0.795. The molecule has 1 aliphatic rings. The van der Waals surface area contributed by atoms with Crippen LogP contribution in [0.25, 0.3) is 0 Å². The van der Waals surface area contributed by atoms with Crippen molar-refractivity contribution in [1.82, 2.24) is 10.3 Å². The smallest absolute Gasteiger partial charge is 0.254 e. The summed E-state index contributed by atoms with van der Waals surface area (Å²) in [5, 5.41) is 16.5. The molecule has 2 rings (SSSR count).